The average molecular weight is 405 g/mol. The fraction of sp³-hybridized carbons (Fsp3) is 0.333. The fourth-order valence-electron chi connectivity index (χ4n) is 4.15. The minimum Gasteiger partial charge on any atom is -0.480 e. The Kier molecular flexibility index (Phi) is 5.06. The molecule has 1 aliphatic carbocycles. The molecule has 0 radical (unpaired) electrons. The van der Waals surface area contributed by atoms with E-state index in [1.807, 2.05) is 0 Å². The molecule has 1 N–H and O–H groups in total. The van der Waals surface area contributed by atoms with Crippen molar-refractivity contribution in [3.8, 4) is 11.4 Å². The number of halogens is 3. The minimum absolute atomic E-state index is 0.0946. The number of fused-ring (bicyclic) bond motifs is 1. The van der Waals surface area contributed by atoms with E-state index in [9.17, 15) is 18.7 Å². The molecule has 28 heavy (non-hydrogen) atoms. The molecule has 1 aliphatic rings. The first kappa shape index (κ1) is 18.9. The molecule has 1 heterocycles. The number of imidazole rings is 1. The molecule has 1 atom stereocenters. The summed E-state index contributed by atoms with van der Waals surface area (Å²) in [6, 6.07) is 7.96. The van der Waals surface area contributed by atoms with Crippen LogP contribution in [-0.4, -0.2) is 20.6 Å². The van der Waals surface area contributed by atoms with E-state index in [2.05, 4.69) is 4.98 Å². The number of carboxylic acid groups (broad SMARTS) is 1. The Balaban J connectivity index is 1.97. The van der Waals surface area contributed by atoms with E-state index in [0.29, 0.717) is 16.4 Å². The Bertz CT molecular complexity index is 1030. The molecule has 1 aromatic heterocycles. The first-order valence-corrected chi connectivity index (χ1v) is 9.69. The van der Waals surface area contributed by atoms with Crippen LogP contribution in [0, 0.1) is 17.6 Å². The van der Waals surface area contributed by atoms with Crippen LogP contribution in [0.1, 0.15) is 38.1 Å². The summed E-state index contributed by atoms with van der Waals surface area (Å²) in [6.07, 6.45) is 4.55. The van der Waals surface area contributed by atoms with Crippen LogP contribution in [0.4, 0.5) is 8.78 Å². The van der Waals surface area contributed by atoms with Crippen LogP contribution >= 0.6 is 11.6 Å². The number of benzene rings is 2. The number of hydrogen-bond donors (Lipinski definition) is 1. The second-order valence-corrected chi connectivity index (χ2v) is 7.68. The third-order valence-corrected chi connectivity index (χ3v) is 5.71. The van der Waals surface area contributed by atoms with E-state index >= 15 is 0 Å². The Hall–Kier alpha value is -2.47. The highest BCUT2D eigenvalue weighted by Gasteiger charge is 2.34. The molecule has 4 nitrogen and oxygen atoms in total. The molecular weight excluding hydrogens is 386 g/mol. The monoisotopic (exact) mass is 404 g/mol. The van der Waals surface area contributed by atoms with Gasteiger partial charge in [0.05, 0.1) is 11.0 Å². The number of nitrogens with zero attached hydrogens (tertiary/aromatic N) is 2. The van der Waals surface area contributed by atoms with Gasteiger partial charge in [0.15, 0.2) is 11.6 Å². The van der Waals surface area contributed by atoms with Gasteiger partial charge in [-0.15, -0.1) is 0 Å². The molecule has 0 bridgehead atoms. The second-order valence-electron chi connectivity index (χ2n) is 7.25. The first-order valence-electron chi connectivity index (χ1n) is 9.31. The van der Waals surface area contributed by atoms with Gasteiger partial charge in [0.1, 0.15) is 11.9 Å². The molecule has 1 fully saturated rings. The van der Waals surface area contributed by atoms with Crippen LogP contribution in [-0.2, 0) is 4.79 Å². The van der Waals surface area contributed by atoms with Gasteiger partial charge >= 0.3 is 5.97 Å². The zero-order valence-electron chi connectivity index (χ0n) is 15.0. The van der Waals surface area contributed by atoms with Crippen molar-refractivity contribution in [1.82, 2.24) is 9.55 Å². The zero-order valence-corrected chi connectivity index (χ0v) is 15.8. The lowest BCUT2D eigenvalue weighted by Gasteiger charge is -2.29. The molecule has 0 saturated heterocycles. The highest BCUT2D eigenvalue weighted by atomic mass is 35.5. The summed E-state index contributed by atoms with van der Waals surface area (Å²) in [5, 5.41) is 10.6. The van der Waals surface area contributed by atoms with E-state index < -0.39 is 23.6 Å². The first-order chi connectivity index (χ1) is 13.5. The van der Waals surface area contributed by atoms with Crippen molar-refractivity contribution in [3.05, 3.63) is 53.1 Å². The van der Waals surface area contributed by atoms with E-state index in [0.717, 1.165) is 44.2 Å². The maximum absolute atomic E-state index is 14.0. The van der Waals surface area contributed by atoms with Gasteiger partial charge < -0.3 is 9.67 Å². The normalized spacial score (nSPS) is 16.4. The largest absolute Gasteiger partial charge is 0.480 e. The Labute approximate surface area is 165 Å². The van der Waals surface area contributed by atoms with Crippen molar-refractivity contribution in [1.29, 1.82) is 0 Å². The minimum atomic E-state index is -1.02. The highest BCUT2D eigenvalue weighted by molar-refractivity contribution is 6.30. The Morgan fingerprint density at radius 3 is 2.39 bits per heavy atom. The van der Waals surface area contributed by atoms with Crippen LogP contribution in [0.25, 0.3) is 22.4 Å². The fourth-order valence-corrected chi connectivity index (χ4v) is 4.27. The Morgan fingerprint density at radius 2 is 1.75 bits per heavy atom. The number of rotatable bonds is 4. The average Bonchev–Trinajstić information content (AvgIpc) is 3.02. The molecule has 1 saturated carbocycles. The van der Waals surface area contributed by atoms with Crippen LogP contribution in [0.15, 0.2) is 36.4 Å². The summed E-state index contributed by atoms with van der Waals surface area (Å²) in [5.41, 5.74) is 1.15. The second kappa shape index (κ2) is 7.51. The lowest BCUT2D eigenvalue weighted by atomic mass is 9.83. The zero-order chi connectivity index (χ0) is 19.8. The van der Waals surface area contributed by atoms with Crippen LogP contribution in [0.3, 0.4) is 0 Å². The summed E-state index contributed by atoms with van der Waals surface area (Å²) >= 11 is 5.97. The van der Waals surface area contributed by atoms with Gasteiger partial charge in [-0.1, -0.05) is 30.9 Å². The summed E-state index contributed by atoms with van der Waals surface area (Å²) in [5.74, 6) is -2.75. The van der Waals surface area contributed by atoms with Gasteiger partial charge in [0.2, 0.25) is 0 Å². The predicted octanol–water partition coefficient (Wildman–Crippen LogP) is 5.84. The van der Waals surface area contributed by atoms with Crippen molar-refractivity contribution in [3.63, 3.8) is 0 Å². The van der Waals surface area contributed by atoms with Gasteiger partial charge in [-0.3, -0.25) is 0 Å². The third-order valence-electron chi connectivity index (χ3n) is 5.46. The van der Waals surface area contributed by atoms with Crippen LogP contribution in [0.5, 0.6) is 0 Å². The summed E-state index contributed by atoms with van der Waals surface area (Å²) < 4.78 is 29.4. The van der Waals surface area contributed by atoms with Crippen LogP contribution in [0.2, 0.25) is 5.02 Å². The predicted molar refractivity (Wildman–Crippen MR) is 103 cm³/mol. The molecule has 0 amide bonds. The van der Waals surface area contributed by atoms with Crippen molar-refractivity contribution < 1.29 is 18.7 Å². The van der Waals surface area contributed by atoms with Crippen LogP contribution < -0.4 is 0 Å². The number of aromatic nitrogens is 2. The number of aliphatic carboxylic acids is 1. The third kappa shape index (κ3) is 3.37. The lowest BCUT2D eigenvalue weighted by Crippen LogP contribution is -2.29. The van der Waals surface area contributed by atoms with Crippen molar-refractivity contribution >= 4 is 28.6 Å². The number of carboxylic acids is 1. The van der Waals surface area contributed by atoms with E-state index in [1.165, 1.54) is 0 Å². The molecule has 3 aromatic rings. The van der Waals surface area contributed by atoms with Gasteiger partial charge in [-0.25, -0.2) is 18.6 Å². The molecule has 0 aliphatic heterocycles. The summed E-state index contributed by atoms with van der Waals surface area (Å²) in [4.78, 5) is 16.8. The summed E-state index contributed by atoms with van der Waals surface area (Å²) in [7, 11) is 0. The molecule has 7 heteroatoms. The molecule has 0 unspecified atom stereocenters. The Morgan fingerprint density at radius 1 is 1.11 bits per heavy atom. The highest BCUT2D eigenvalue weighted by Crippen LogP contribution is 2.38. The van der Waals surface area contributed by atoms with Crippen molar-refractivity contribution in [2.45, 2.75) is 38.1 Å². The maximum atomic E-state index is 14.0. The quantitative estimate of drug-likeness (QED) is 0.594. The molecular formula is C21H19ClF2N2O2. The maximum Gasteiger partial charge on any atom is 0.327 e. The standard InChI is InChI=1S/C21H19ClF2N2O2/c22-14-8-6-13(7-9-14)20-25-17-10-15(23)16(24)11-18(17)26(20)19(21(27)28)12-4-2-1-3-5-12/h6-12,19H,1-5H2,(H,27,28)/t19-/m1/s1. The molecule has 146 valence electrons. The topological polar surface area (TPSA) is 55.1 Å². The smallest absolute Gasteiger partial charge is 0.327 e. The molecule has 4 rings (SSSR count). The number of hydrogen-bond acceptors (Lipinski definition) is 2. The van der Waals surface area contributed by atoms with Gasteiger partial charge in [0.25, 0.3) is 0 Å². The van der Waals surface area contributed by atoms with Gasteiger partial charge in [-0.2, -0.15) is 0 Å². The van der Waals surface area contributed by atoms with Crippen molar-refractivity contribution in [2.75, 3.05) is 0 Å². The number of carbonyl (C=O) groups is 1. The van der Waals surface area contributed by atoms with E-state index in [4.69, 9.17) is 11.6 Å². The van der Waals surface area contributed by atoms with Crippen molar-refractivity contribution in [2.24, 2.45) is 5.92 Å². The molecule has 0 spiro atoms. The summed E-state index contributed by atoms with van der Waals surface area (Å²) in [6.45, 7) is 0. The lowest BCUT2D eigenvalue weighted by molar-refractivity contribution is -0.143. The SMILES string of the molecule is O=C(O)[C@@H](C1CCCCC1)n1c(-c2ccc(Cl)cc2)nc2cc(F)c(F)cc21. The molecule has 2 aromatic carbocycles. The van der Waals surface area contributed by atoms with E-state index in [-0.39, 0.29) is 17.0 Å². The van der Waals surface area contributed by atoms with Gasteiger partial charge in [0, 0.05) is 22.7 Å². The van der Waals surface area contributed by atoms with Gasteiger partial charge in [-0.05, 0) is 43.0 Å². The van der Waals surface area contributed by atoms with E-state index in [1.54, 1.807) is 28.8 Å².